The van der Waals surface area contributed by atoms with Gasteiger partial charge in [0.1, 0.15) is 5.60 Å². The highest BCUT2D eigenvalue weighted by atomic mass is 31.1. The smallest absolute Gasteiger partial charge is 0.407 e. The van der Waals surface area contributed by atoms with Gasteiger partial charge in [-0.25, -0.2) is 4.79 Å². The fourth-order valence-electron chi connectivity index (χ4n) is 0.329. The van der Waals surface area contributed by atoms with Gasteiger partial charge in [0.05, 0.1) is 0 Å². The van der Waals surface area contributed by atoms with Crippen molar-refractivity contribution in [3.63, 3.8) is 0 Å². The summed E-state index contributed by atoms with van der Waals surface area (Å²) in [6, 6.07) is 0. The number of hydrogen-bond acceptors (Lipinski definition) is 3. The van der Waals surface area contributed by atoms with Gasteiger partial charge in [-0.2, -0.15) is 0 Å². The molecule has 1 unspecified atom stereocenters. The Morgan fingerprint density at radius 2 is 1.83 bits per heavy atom. The van der Waals surface area contributed by atoms with Crippen LogP contribution in [0.1, 0.15) is 20.8 Å². The summed E-state index contributed by atoms with van der Waals surface area (Å²) >= 11 is 0. The van der Waals surface area contributed by atoms with Gasteiger partial charge in [-0.15, -0.1) is 0 Å². The highest BCUT2D eigenvalue weighted by molar-refractivity contribution is 7.16. The van der Waals surface area contributed by atoms with Crippen molar-refractivity contribution in [3.8, 4) is 0 Å². The minimum absolute atomic E-state index is 0.387. The van der Waals surface area contributed by atoms with Crippen LogP contribution >= 0.6 is 8.69 Å². The summed E-state index contributed by atoms with van der Waals surface area (Å²) in [7, 11) is 0.0358. The number of carbonyl (C=O) groups is 1. The van der Waals surface area contributed by atoms with Crippen LogP contribution in [0, 0.1) is 0 Å². The van der Waals surface area contributed by atoms with Gasteiger partial charge in [0.25, 0.3) is 0 Å². The molecule has 0 aliphatic rings. The largest absolute Gasteiger partial charge is 0.444 e. The van der Waals surface area contributed by atoms with Crippen molar-refractivity contribution >= 4 is 14.8 Å². The first-order chi connectivity index (χ1) is 5.37. The second kappa shape index (κ2) is 7.13. The lowest BCUT2D eigenvalue weighted by Crippen LogP contribution is -2.30. The lowest BCUT2D eigenvalue weighted by atomic mass is 10.2. The van der Waals surface area contributed by atoms with Crippen LogP contribution in [0.5, 0.6) is 0 Å². The average Bonchev–Trinajstić information content (AvgIpc) is 1.86. The number of hydrogen-bond donors (Lipinski definition) is 2. The van der Waals surface area contributed by atoms with Gasteiger partial charge in [0.2, 0.25) is 0 Å². The van der Waals surface area contributed by atoms with Crippen LogP contribution in [-0.2, 0) is 9.30 Å². The molecule has 0 radical (unpaired) electrons. The highest BCUT2D eigenvalue weighted by Gasteiger charge is 2.13. The SMILES string of the molecule is CNC(=O)OC(C)(C)C.O=[PH2]O. The standard InChI is InChI=1S/C6H13NO2.H3O2P/c1-6(2,3)9-5(8)7-4;1-3-2/h1-4H3,(H,7,8);3H2,(H,1,2). The summed E-state index contributed by atoms with van der Waals surface area (Å²) in [6.07, 6.45) is -0.387. The third-order valence-electron chi connectivity index (χ3n) is 0.603. The van der Waals surface area contributed by atoms with Gasteiger partial charge in [-0.3, -0.25) is 4.57 Å². The first-order valence-electron chi connectivity index (χ1n) is 3.36. The molecule has 0 aliphatic carbocycles. The van der Waals surface area contributed by atoms with Crippen LogP contribution in [0.2, 0.25) is 0 Å². The zero-order valence-electron chi connectivity index (χ0n) is 7.75. The Hall–Kier alpha value is -0.540. The summed E-state index contributed by atoms with van der Waals surface area (Å²) in [5.74, 6) is 0. The number of nitrogens with one attached hydrogen (secondary N) is 1. The maximum Gasteiger partial charge on any atom is 0.407 e. The maximum atomic E-state index is 10.5. The molecule has 0 rings (SSSR count). The van der Waals surface area contributed by atoms with Crippen LogP contribution in [0.25, 0.3) is 0 Å². The van der Waals surface area contributed by atoms with E-state index in [1.54, 1.807) is 0 Å². The van der Waals surface area contributed by atoms with Gasteiger partial charge in [0, 0.05) is 7.05 Å². The molecule has 0 aliphatic heterocycles. The average molecular weight is 197 g/mol. The van der Waals surface area contributed by atoms with Crippen molar-refractivity contribution in [3.05, 3.63) is 0 Å². The fourth-order valence-corrected chi connectivity index (χ4v) is 0.329. The summed E-state index contributed by atoms with van der Waals surface area (Å²) in [4.78, 5) is 17.6. The van der Waals surface area contributed by atoms with E-state index in [0.717, 1.165) is 0 Å². The van der Waals surface area contributed by atoms with E-state index in [1.807, 2.05) is 20.8 Å². The van der Waals surface area contributed by atoms with E-state index in [4.69, 9.17) is 14.2 Å². The number of ether oxygens (including phenoxy) is 1. The van der Waals surface area contributed by atoms with E-state index in [0.29, 0.717) is 0 Å². The third-order valence-corrected chi connectivity index (χ3v) is 0.603. The molecule has 0 fully saturated rings. The number of amides is 1. The number of carbonyl (C=O) groups excluding carboxylic acids is 1. The van der Waals surface area contributed by atoms with Crippen LogP contribution in [0.4, 0.5) is 4.79 Å². The summed E-state index contributed by atoms with van der Waals surface area (Å²) in [5.41, 5.74) is -0.389. The first kappa shape index (κ1) is 14.0. The molecule has 12 heavy (non-hydrogen) atoms. The van der Waals surface area contributed by atoms with E-state index < -0.39 is 8.69 Å². The van der Waals surface area contributed by atoms with Crippen molar-refractivity contribution < 1.29 is 19.0 Å². The van der Waals surface area contributed by atoms with Gasteiger partial charge >= 0.3 is 6.09 Å². The fraction of sp³-hybridized carbons (Fsp3) is 0.833. The summed E-state index contributed by atoms with van der Waals surface area (Å²) < 4.78 is 13.4. The van der Waals surface area contributed by atoms with E-state index in [9.17, 15) is 4.79 Å². The molecule has 1 atom stereocenters. The lowest BCUT2D eigenvalue weighted by molar-refractivity contribution is 0.0541. The molecular weight excluding hydrogens is 181 g/mol. The molecule has 0 saturated heterocycles. The van der Waals surface area contributed by atoms with Crippen molar-refractivity contribution in [2.24, 2.45) is 0 Å². The molecule has 5 nitrogen and oxygen atoms in total. The second-order valence-electron chi connectivity index (χ2n) is 2.86. The first-order valence-corrected chi connectivity index (χ1v) is 4.34. The lowest BCUT2D eigenvalue weighted by Gasteiger charge is -2.18. The normalized spacial score (nSPS) is 10.4. The van der Waals surface area contributed by atoms with Crippen LogP contribution in [0.15, 0.2) is 0 Å². The predicted octanol–water partition coefficient (Wildman–Crippen LogP) is 0.791. The highest BCUT2D eigenvalue weighted by Crippen LogP contribution is 2.05. The van der Waals surface area contributed by atoms with Gasteiger partial charge in [-0.05, 0) is 20.8 Å². The Morgan fingerprint density at radius 1 is 1.50 bits per heavy atom. The molecule has 74 valence electrons. The monoisotopic (exact) mass is 197 g/mol. The third kappa shape index (κ3) is 16.2. The van der Waals surface area contributed by atoms with E-state index in [1.165, 1.54) is 7.05 Å². The Bertz CT molecular complexity index is 143. The van der Waals surface area contributed by atoms with Gasteiger partial charge < -0.3 is 14.9 Å². The molecule has 1 amide bonds. The van der Waals surface area contributed by atoms with Crippen molar-refractivity contribution in [2.45, 2.75) is 26.4 Å². The molecule has 0 aromatic carbocycles. The minimum atomic E-state index is -1.50. The molecule has 6 heteroatoms. The zero-order chi connectivity index (χ0) is 10.2. The van der Waals surface area contributed by atoms with E-state index >= 15 is 0 Å². The predicted molar refractivity (Wildman–Crippen MR) is 47.9 cm³/mol. The molecule has 0 aromatic heterocycles. The molecule has 0 aromatic rings. The molecular formula is C6H16NO4P. The summed E-state index contributed by atoms with van der Waals surface area (Å²) in [5, 5.41) is 2.36. The summed E-state index contributed by atoms with van der Waals surface area (Å²) in [6.45, 7) is 5.46. The zero-order valence-corrected chi connectivity index (χ0v) is 8.90. The van der Waals surface area contributed by atoms with Crippen molar-refractivity contribution in [1.82, 2.24) is 5.32 Å². The van der Waals surface area contributed by atoms with E-state index in [2.05, 4.69) is 5.32 Å². The van der Waals surface area contributed by atoms with E-state index in [-0.39, 0.29) is 11.7 Å². The van der Waals surface area contributed by atoms with Gasteiger partial charge in [0.15, 0.2) is 8.69 Å². The molecule has 0 bridgehead atoms. The van der Waals surface area contributed by atoms with Gasteiger partial charge in [-0.1, -0.05) is 0 Å². The topological polar surface area (TPSA) is 75.6 Å². The molecule has 2 N–H and O–H groups in total. The number of alkyl carbamates (subject to hydrolysis) is 1. The van der Waals surface area contributed by atoms with Crippen LogP contribution in [-0.4, -0.2) is 23.6 Å². The van der Waals surface area contributed by atoms with Crippen LogP contribution in [0.3, 0.4) is 0 Å². The van der Waals surface area contributed by atoms with Crippen LogP contribution < -0.4 is 5.32 Å². The molecule has 0 spiro atoms. The Balaban J connectivity index is 0. The van der Waals surface area contributed by atoms with Crippen molar-refractivity contribution in [2.75, 3.05) is 7.05 Å². The minimum Gasteiger partial charge on any atom is -0.444 e. The Kier molecular flexibility index (Phi) is 8.32. The molecule has 0 heterocycles. The maximum absolute atomic E-state index is 10.5. The Labute approximate surface area is 73.4 Å². The quantitative estimate of drug-likeness (QED) is 0.563. The Morgan fingerprint density at radius 3 is 1.92 bits per heavy atom. The second-order valence-corrected chi connectivity index (χ2v) is 3.07. The molecule has 0 saturated carbocycles. The number of rotatable bonds is 0. The van der Waals surface area contributed by atoms with Crippen molar-refractivity contribution in [1.29, 1.82) is 0 Å².